The van der Waals surface area contributed by atoms with Crippen molar-refractivity contribution in [2.45, 2.75) is 18.4 Å². The zero-order valence-corrected chi connectivity index (χ0v) is 15.8. The van der Waals surface area contributed by atoms with Gasteiger partial charge in [-0.2, -0.15) is 0 Å². The van der Waals surface area contributed by atoms with Crippen molar-refractivity contribution < 1.29 is 18.1 Å². The zero-order chi connectivity index (χ0) is 19.4. The van der Waals surface area contributed by atoms with E-state index in [1.807, 2.05) is 5.38 Å². The first-order chi connectivity index (χ1) is 12.9. The molecule has 8 nitrogen and oxygen atoms in total. The van der Waals surface area contributed by atoms with E-state index in [9.17, 15) is 18.5 Å². The highest BCUT2D eigenvalue weighted by molar-refractivity contribution is 7.92. The number of ether oxygens (including phenoxy) is 1. The molecule has 0 aliphatic heterocycles. The van der Waals surface area contributed by atoms with Crippen LogP contribution in [0.15, 0.2) is 58.3 Å². The predicted molar refractivity (Wildman–Crippen MR) is 102 cm³/mol. The summed E-state index contributed by atoms with van der Waals surface area (Å²) in [5, 5.41) is 12.9. The summed E-state index contributed by atoms with van der Waals surface area (Å²) < 4.78 is 33.7. The molecule has 0 bridgehead atoms. The van der Waals surface area contributed by atoms with Gasteiger partial charge in [0, 0.05) is 17.0 Å². The number of rotatable bonds is 7. The summed E-state index contributed by atoms with van der Waals surface area (Å²) in [7, 11) is -4.04. The van der Waals surface area contributed by atoms with Crippen molar-refractivity contribution in [2.24, 2.45) is 0 Å². The highest BCUT2D eigenvalue weighted by atomic mass is 32.2. The molecule has 10 heteroatoms. The molecule has 140 valence electrons. The van der Waals surface area contributed by atoms with Crippen LogP contribution in [0, 0.1) is 17.0 Å². The van der Waals surface area contributed by atoms with Crippen molar-refractivity contribution in [1.82, 2.24) is 4.98 Å². The number of thiazole rings is 1. The van der Waals surface area contributed by atoms with Crippen LogP contribution in [0.4, 0.5) is 11.4 Å². The molecule has 2 aromatic carbocycles. The first-order valence-corrected chi connectivity index (χ1v) is 10.2. The molecule has 0 unspecified atom stereocenters. The number of hydrogen-bond acceptors (Lipinski definition) is 7. The lowest BCUT2D eigenvalue weighted by molar-refractivity contribution is -0.385. The molecule has 0 saturated carbocycles. The monoisotopic (exact) mass is 405 g/mol. The molecule has 1 N–H and O–H groups in total. The Morgan fingerprint density at radius 2 is 2.00 bits per heavy atom. The number of nitro groups is 1. The quantitative estimate of drug-likeness (QED) is 0.473. The van der Waals surface area contributed by atoms with Crippen LogP contribution < -0.4 is 9.46 Å². The molecule has 0 spiro atoms. The molecule has 3 aromatic rings. The van der Waals surface area contributed by atoms with Gasteiger partial charge in [-0.05, 0) is 25.1 Å². The Bertz CT molecular complexity index is 1070. The van der Waals surface area contributed by atoms with Gasteiger partial charge in [-0.25, -0.2) is 13.4 Å². The van der Waals surface area contributed by atoms with E-state index in [0.717, 1.165) is 5.69 Å². The number of sulfonamides is 1. The van der Waals surface area contributed by atoms with Gasteiger partial charge in [0.25, 0.3) is 15.7 Å². The molecular weight excluding hydrogens is 390 g/mol. The zero-order valence-electron chi connectivity index (χ0n) is 14.2. The van der Waals surface area contributed by atoms with Crippen molar-refractivity contribution in [3.05, 3.63) is 74.7 Å². The Labute approximate surface area is 159 Å². The summed E-state index contributed by atoms with van der Waals surface area (Å²) in [5.74, 6) is 0.331. The summed E-state index contributed by atoms with van der Waals surface area (Å²) in [4.78, 5) is 14.4. The van der Waals surface area contributed by atoms with Crippen LogP contribution in [0.2, 0.25) is 0 Å². The Kier molecular flexibility index (Phi) is 5.38. The summed E-state index contributed by atoms with van der Waals surface area (Å²) in [5.41, 5.74) is 2.45. The number of hydrogen-bond donors (Lipinski definition) is 1. The van der Waals surface area contributed by atoms with E-state index in [4.69, 9.17) is 4.74 Å². The van der Waals surface area contributed by atoms with Crippen LogP contribution >= 0.6 is 11.3 Å². The van der Waals surface area contributed by atoms with E-state index in [-0.39, 0.29) is 28.4 Å². The van der Waals surface area contributed by atoms with Crippen molar-refractivity contribution in [3.63, 3.8) is 0 Å². The number of benzene rings is 2. The van der Waals surface area contributed by atoms with Gasteiger partial charge in [0.15, 0.2) is 0 Å². The van der Waals surface area contributed by atoms with Gasteiger partial charge >= 0.3 is 0 Å². The normalized spacial score (nSPS) is 11.1. The third-order valence-corrected chi connectivity index (χ3v) is 5.88. The molecule has 0 fully saturated rings. The first-order valence-electron chi connectivity index (χ1n) is 7.74. The molecule has 0 aliphatic rings. The SMILES string of the molecule is Cc1c([N+](=O)[O-])cccc1S(=O)(=O)Nc1ccccc1OCc1cscn1. The van der Waals surface area contributed by atoms with Crippen LogP contribution in [0.3, 0.4) is 0 Å². The van der Waals surface area contributed by atoms with Crippen molar-refractivity contribution in [2.75, 3.05) is 4.72 Å². The highest BCUT2D eigenvalue weighted by Gasteiger charge is 2.24. The van der Waals surface area contributed by atoms with Gasteiger partial charge < -0.3 is 4.74 Å². The van der Waals surface area contributed by atoms with Gasteiger partial charge in [0.1, 0.15) is 12.4 Å². The van der Waals surface area contributed by atoms with Gasteiger partial charge in [0.2, 0.25) is 0 Å². The van der Waals surface area contributed by atoms with Gasteiger partial charge in [-0.3, -0.25) is 14.8 Å². The van der Waals surface area contributed by atoms with E-state index in [1.165, 1.54) is 36.5 Å². The van der Waals surface area contributed by atoms with Gasteiger partial charge in [0.05, 0.1) is 26.7 Å². The summed E-state index contributed by atoms with van der Waals surface area (Å²) >= 11 is 1.43. The second kappa shape index (κ2) is 7.72. The maximum atomic E-state index is 12.8. The minimum absolute atomic E-state index is 0.0656. The fraction of sp³-hybridized carbons (Fsp3) is 0.118. The average molecular weight is 405 g/mol. The molecular formula is C17H15N3O5S2. The van der Waals surface area contributed by atoms with E-state index in [1.54, 1.807) is 29.8 Å². The van der Waals surface area contributed by atoms with E-state index in [2.05, 4.69) is 9.71 Å². The molecule has 0 aliphatic carbocycles. The number of aromatic nitrogens is 1. The number of nitro benzene ring substituents is 1. The molecule has 1 aromatic heterocycles. The largest absolute Gasteiger partial charge is 0.485 e. The number of nitrogens with one attached hydrogen (secondary N) is 1. The predicted octanol–water partition coefficient (Wildman–Crippen LogP) is 3.74. The topological polar surface area (TPSA) is 111 Å². The van der Waals surface area contributed by atoms with Crippen LogP contribution in [0.5, 0.6) is 5.75 Å². The fourth-order valence-electron chi connectivity index (χ4n) is 2.43. The van der Waals surface area contributed by atoms with Crippen LogP contribution in [0.1, 0.15) is 11.3 Å². The number of para-hydroxylation sites is 2. The third kappa shape index (κ3) is 4.23. The number of nitrogens with zero attached hydrogens (tertiary/aromatic N) is 2. The fourth-order valence-corrected chi connectivity index (χ4v) is 4.31. The van der Waals surface area contributed by atoms with Crippen molar-refractivity contribution >= 4 is 32.7 Å². The Morgan fingerprint density at radius 3 is 2.70 bits per heavy atom. The average Bonchev–Trinajstić information content (AvgIpc) is 3.14. The van der Waals surface area contributed by atoms with Crippen LogP contribution in [0.25, 0.3) is 0 Å². The standard InChI is InChI=1S/C17H15N3O5S2/c1-12-15(20(21)22)6-4-8-17(12)27(23,24)19-14-5-2-3-7-16(14)25-9-13-10-26-11-18-13/h2-8,10-11,19H,9H2,1H3. The van der Waals surface area contributed by atoms with E-state index < -0.39 is 14.9 Å². The molecule has 27 heavy (non-hydrogen) atoms. The van der Waals surface area contributed by atoms with Crippen molar-refractivity contribution in [1.29, 1.82) is 0 Å². The Hall–Kier alpha value is -2.98. The van der Waals surface area contributed by atoms with Gasteiger partial charge in [-0.15, -0.1) is 11.3 Å². The summed E-state index contributed by atoms with van der Waals surface area (Å²) in [6, 6.07) is 10.5. The molecule has 0 atom stereocenters. The first kappa shape index (κ1) is 18.8. The summed E-state index contributed by atoms with van der Waals surface area (Å²) in [6.45, 7) is 1.59. The van der Waals surface area contributed by atoms with Crippen LogP contribution in [-0.4, -0.2) is 18.3 Å². The molecule has 0 saturated heterocycles. The van der Waals surface area contributed by atoms with Crippen LogP contribution in [-0.2, 0) is 16.6 Å². The maximum absolute atomic E-state index is 12.8. The number of anilines is 1. The lowest BCUT2D eigenvalue weighted by atomic mass is 10.2. The maximum Gasteiger partial charge on any atom is 0.273 e. The minimum Gasteiger partial charge on any atom is -0.485 e. The lowest BCUT2D eigenvalue weighted by Crippen LogP contribution is -2.15. The van der Waals surface area contributed by atoms with E-state index in [0.29, 0.717) is 5.75 Å². The highest BCUT2D eigenvalue weighted by Crippen LogP contribution is 2.30. The third-order valence-electron chi connectivity index (χ3n) is 3.73. The Balaban J connectivity index is 1.89. The Morgan fingerprint density at radius 1 is 1.22 bits per heavy atom. The minimum atomic E-state index is -4.04. The molecule has 0 radical (unpaired) electrons. The molecule has 0 amide bonds. The second-order valence-corrected chi connectivity index (χ2v) is 7.90. The summed E-state index contributed by atoms with van der Waals surface area (Å²) in [6.07, 6.45) is 0. The van der Waals surface area contributed by atoms with Crippen molar-refractivity contribution in [3.8, 4) is 5.75 Å². The van der Waals surface area contributed by atoms with Gasteiger partial charge in [-0.1, -0.05) is 18.2 Å². The molecule has 1 heterocycles. The molecule has 3 rings (SSSR count). The lowest BCUT2D eigenvalue weighted by Gasteiger charge is -2.14. The van der Waals surface area contributed by atoms with E-state index >= 15 is 0 Å². The smallest absolute Gasteiger partial charge is 0.273 e. The second-order valence-electron chi connectivity index (χ2n) is 5.53.